The number of rotatable bonds is 3. The lowest BCUT2D eigenvalue weighted by atomic mass is 10.4. The lowest BCUT2D eigenvalue weighted by Gasteiger charge is -2.07. The Morgan fingerprint density at radius 1 is 1.24 bits per heavy atom. The maximum Gasteiger partial charge on any atom is 0.150 e. The van der Waals surface area contributed by atoms with Crippen molar-refractivity contribution < 1.29 is 0 Å². The Balaban J connectivity index is 2.11. The number of nitrogens with zero attached hydrogens (tertiary/aromatic N) is 2. The van der Waals surface area contributed by atoms with E-state index >= 15 is 0 Å². The summed E-state index contributed by atoms with van der Waals surface area (Å²) in [7, 11) is 0. The second-order valence-corrected chi connectivity index (χ2v) is 5.54. The third-order valence-electron chi connectivity index (χ3n) is 1.99. The van der Waals surface area contributed by atoms with Gasteiger partial charge in [-0.2, -0.15) is 0 Å². The van der Waals surface area contributed by atoms with Gasteiger partial charge in [0, 0.05) is 5.38 Å². The van der Waals surface area contributed by atoms with Crippen molar-refractivity contribution in [2.45, 2.75) is 13.5 Å². The van der Waals surface area contributed by atoms with Crippen molar-refractivity contribution >= 4 is 52.0 Å². The minimum Gasteiger partial charge on any atom is -0.363 e. The van der Waals surface area contributed by atoms with Crippen LogP contribution in [0.15, 0.2) is 11.4 Å². The summed E-state index contributed by atoms with van der Waals surface area (Å²) in [5, 5.41) is 7.08. The SMILES string of the molecule is Cc1nc(CNc2nc(Cl)c(Cl)cc2Cl)cs1. The van der Waals surface area contributed by atoms with Crippen LogP contribution in [-0.4, -0.2) is 9.97 Å². The van der Waals surface area contributed by atoms with E-state index in [-0.39, 0.29) is 5.15 Å². The van der Waals surface area contributed by atoms with Crippen molar-refractivity contribution in [1.82, 2.24) is 9.97 Å². The molecular weight excluding hydrogens is 301 g/mol. The Hall–Kier alpha value is -0.550. The number of thiazole rings is 1. The van der Waals surface area contributed by atoms with Gasteiger partial charge in [-0.25, -0.2) is 9.97 Å². The van der Waals surface area contributed by atoms with Gasteiger partial charge in [-0.15, -0.1) is 11.3 Å². The predicted molar refractivity (Wildman–Crippen MR) is 73.4 cm³/mol. The molecule has 0 saturated heterocycles. The Labute approximate surface area is 118 Å². The summed E-state index contributed by atoms with van der Waals surface area (Å²) in [4.78, 5) is 8.38. The molecule has 0 aliphatic rings. The topological polar surface area (TPSA) is 37.8 Å². The van der Waals surface area contributed by atoms with E-state index < -0.39 is 0 Å². The van der Waals surface area contributed by atoms with Crippen LogP contribution in [-0.2, 0) is 6.54 Å². The molecule has 0 amide bonds. The molecule has 0 fully saturated rings. The molecule has 0 aromatic carbocycles. The zero-order valence-corrected chi connectivity index (χ0v) is 11.9. The number of hydrogen-bond acceptors (Lipinski definition) is 4. The fraction of sp³-hybridized carbons (Fsp3) is 0.200. The second-order valence-electron chi connectivity index (χ2n) is 3.30. The molecule has 0 aliphatic carbocycles. The molecule has 0 aliphatic heterocycles. The zero-order chi connectivity index (χ0) is 12.4. The van der Waals surface area contributed by atoms with Crippen molar-refractivity contribution in [3.63, 3.8) is 0 Å². The average molecular weight is 309 g/mol. The van der Waals surface area contributed by atoms with Crippen molar-refractivity contribution in [2.75, 3.05) is 5.32 Å². The molecular formula is C10H8Cl3N3S. The summed E-state index contributed by atoms with van der Waals surface area (Å²) < 4.78 is 0. The highest BCUT2D eigenvalue weighted by Crippen LogP contribution is 2.29. The Morgan fingerprint density at radius 3 is 2.65 bits per heavy atom. The van der Waals surface area contributed by atoms with E-state index in [1.54, 1.807) is 17.4 Å². The van der Waals surface area contributed by atoms with Gasteiger partial charge in [0.05, 0.1) is 27.3 Å². The van der Waals surface area contributed by atoms with E-state index in [1.807, 2.05) is 12.3 Å². The van der Waals surface area contributed by atoms with Gasteiger partial charge in [-0.05, 0) is 13.0 Å². The smallest absolute Gasteiger partial charge is 0.150 e. The number of halogens is 3. The zero-order valence-electron chi connectivity index (χ0n) is 8.80. The molecule has 0 saturated carbocycles. The summed E-state index contributed by atoms with van der Waals surface area (Å²) in [6.45, 7) is 2.51. The normalized spacial score (nSPS) is 10.6. The number of nitrogens with one attached hydrogen (secondary N) is 1. The van der Waals surface area contributed by atoms with Crippen LogP contribution >= 0.6 is 46.1 Å². The monoisotopic (exact) mass is 307 g/mol. The molecule has 0 unspecified atom stereocenters. The first kappa shape index (κ1) is 12.9. The summed E-state index contributed by atoms with van der Waals surface area (Å²) in [6, 6.07) is 1.56. The molecule has 2 aromatic rings. The molecule has 2 rings (SSSR count). The van der Waals surface area contributed by atoms with Crippen molar-refractivity contribution in [3.8, 4) is 0 Å². The highest BCUT2D eigenvalue weighted by molar-refractivity contribution is 7.09. The number of hydrogen-bond donors (Lipinski definition) is 1. The Morgan fingerprint density at radius 2 is 2.00 bits per heavy atom. The molecule has 0 spiro atoms. The average Bonchev–Trinajstić information content (AvgIpc) is 2.68. The first-order valence-electron chi connectivity index (χ1n) is 4.72. The molecule has 3 nitrogen and oxygen atoms in total. The van der Waals surface area contributed by atoms with E-state index in [9.17, 15) is 0 Å². The second kappa shape index (κ2) is 5.40. The van der Waals surface area contributed by atoms with E-state index in [0.717, 1.165) is 10.7 Å². The Kier molecular flexibility index (Phi) is 4.09. The third kappa shape index (κ3) is 3.22. The van der Waals surface area contributed by atoms with Crippen LogP contribution in [0.5, 0.6) is 0 Å². The largest absolute Gasteiger partial charge is 0.363 e. The van der Waals surface area contributed by atoms with Crippen molar-refractivity contribution in [3.05, 3.63) is 37.3 Å². The first-order chi connectivity index (χ1) is 8.06. The number of pyridine rings is 1. The van der Waals surface area contributed by atoms with Crippen LogP contribution in [0.25, 0.3) is 0 Å². The van der Waals surface area contributed by atoms with Gasteiger partial charge in [-0.1, -0.05) is 34.8 Å². The lowest BCUT2D eigenvalue weighted by Crippen LogP contribution is -2.02. The van der Waals surface area contributed by atoms with Gasteiger partial charge < -0.3 is 5.32 Å². The first-order valence-corrected chi connectivity index (χ1v) is 6.74. The molecule has 1 N–H and O–H groups in total. The summed E-state index contributed by atoms with van der Waals surface area (Å²) >= 11 is 19.2. The van der Waals surface area contributed by atoms with Crippen molar-refractivity contribution in [2.24, 2.45) is 0 Å². The molecule has 17 heavy (non-hydrogen) atoms. The molecule has 0 bridgehead atoms. The summed E-state index contributed by atoms with van der Waals surface area (Å²) in [5.74, 6) is 0.506. The summed E-state index contributed by atoms with van der Waals surface area (Å²) in [5.41, 5.74) is 0.941. The number of aryl methyl sites for hydroxylation is 1. The molecule has 2 aromatic heterocycles. The van der Waals surface area contributed by atoms with Crippen LogP contribution in [0.2, 0.25) is 15.2 Å². The number of aromatic nitrogens is 2. The van der Waals surface area contributed by atoms with Gasteiger partial charge in [-0.3, -0.25) is 0 Å². The van der Waals surface area contributed by atoms with Crippen LogP contribution in [0, 0.1) is 6.92 Å². The molecule has 7 heteroatoms. The lowest BCUT2D eigenvalue weighted by molar-refractivity contribution is 1.04. The fourth-order valence-corrected chi connectivity index (χ4v) is 2.41. The quantitative estimate of drug-likeness (QED) is 0.853. The minimum atomic E-state index is 0.230. The molecule has 0 radical (unpaired) electrons. The minimum absolute atomic E-state index is 0.230. The van der Waals surface area contributed by atoms with Crippen LogP contribution in [0.3, 0.4) is 0 Å². The molecule has 90 valence electrons. The Bertz CT molecular complexity index is 542. The van der Waals surface area contributed by atoms with Crippen LogP contribution < -0.4 is 5.32 Å². The standard InChI is InChI=1S/C10H8Cl3N3S/c1-5-15-6(4-17-5)3-14-10-8(12)2-7(11)9(13)16-10/h2,4H,3H2,1H3,(H,14,16). The van der Waals surface area contributed by atoms with Crippen LogP contribution in [0.4, 0.5) is 5.82 Å². The van der Waals surface area contributed by atoms with E-state index in [2.05, 4.69) is 15.3 Å². The predicted octanol–water partition coefficient (Wildman–Crippen LogP) is 4.42. The number of anilines is 1. The third-order valence-corrected chi connectivity index (χ3v) is 3.77. The van der Waals surface area contributed by atoms with Crippen LogP contribution in [0.1, 0.15) is 10.7 Å². The van der Waals surface area contributed by atoms with Gasteiger partial charge in [0.2, 0.25) is 0 Å². The van der Waals surface area contributed by atoms with E-state index in [1.165, 1.54) is 0 Å². The van der Waals surface area contributed by atoms with E-state index in [0.29, 0.717) is 22.4 Å². The molecule has 0 atom stereocenters. The molecule has 2 heterocycles. The maximum absolute atomic E-state index is 5.99. The van der Waals surface area contributed by atoms with Crippen molar-refractivity contribution in [1.29, 1.82) is 0 Å². The fourth-order valence-electron chi connectivity index (χ4n) is 1.23. The maximum atomic E-state index is 5.99. The van der Waals surface area contributed by atoms with E-state index in [4.69, 9.17) is 34.8 Å². The van der Waals surface area contributed by atoms with Gasteiger partial charge in [0.25, 0.3) is 0 Å². The highest BCUT2D eigenvalue weighted by Gasteiger charge is 2.08. The highest BCUT2D eigenvalue weighted by atomic mass is 35.5. The van der Waals surface area contributed by atoms with Gasteiger partial charge in [0.1, 0.15) is 11.0 Å². The van der Waals surface area contributed by atoms with Gasteiger partial charge in [0.15, 0.2) is 0 Å². The van der Waals surface area contributed by atoms with Gasteiger partial charge >= 0.3 is 0 Å². The summed E-state index contributed by atoms with van der Waals surface area (Å²) in [6.07, 6.45) is 0.